The van der Waals surface area contributed by atoms with Crippen LogP contribution in [-0.4, -0.2) is 0 Å². The molecule has 9 heteroatoms. The molecule has 0 saturated heterocycles. The van der Waals surface area contributed by atoms with E-state index in [0.29, 0.717) is 11.5 Å². The third kappa shape index (κ3) is 6.35. The summed E-state index contributed by atoms with van der Waals surface area (Å²) >= 11 is 0. The number of hydrogen-bond donors (Lipinski definition) is 0. The monoisotopic (exact) mass is 404 g/mol. The Balaban J connectivity index is 1.51. The molecule has 0 aliphatic rings. The molecule has 0 aliphatic heterocycles. The van der Waals surface area contributed by atoms with E-state index in [1.807, 2.05) is 6.07 Å². The van der Waals surface area contributed by atoms with E-state index in [1.54, 1.807) is 72.8 Å². The van der Waals surface area contributed by atoms with Crippen molar-refractivity contribution in [2.45, 2.75) is 0 Å². The van der Waals surface area contributed by atoms with Gasteiger partial charge in [0.05, 0.1) is 0 Å². The van der Waals surface area contributed by atoms with Crippen LogP contribution in [0.4, 0.5) is 0 Å². The van der Waals surface area contributed by atoms with E-state index in [4.69, 9.17) is 23.1 Å². The highest BCUT2D eigenvalue weighted by molar-refractivity contribution is 7.34. The minimum Gasteiger partial charge on any atom is -0.290 e. The molecule has 0 spiro atoms. The highest BCUT2D eigenvalue weighted by atomic mass is 31.1. The summed E-state index contributed by atoms with van der Waals surface area (Å²) in [7, 11) is -4.97. The van der Waals surface area contributed by atoms with Gasteiger partial charge in [0, 0.05) is 15.2 Å². The van der Waals surface area contributed by atoms with Gasteiger partial charge in [-0.1, -0.05) is 42.5 Å². The Morgan fingerprint density at radius 3 is 1.63 bits per heavy atom. The molecule has 7 nitrogen and oxygen atoms in total. The third-order valence-electron chi connectivity index (χ3n) is 3.03. The zero-order valence-corrected chi connectivity index (χ0v) is 15.6. The summed E-state index contributed by atoms with van der Waals surface area (Å²) in [5, 5.41) is 0. The smallest absolute Gasteiger partial charge is 0.290 e. The fourth-order valence-electron chi connectivity index (χ4n) is 1.91. The van der Waals surface area contributed by atoms with E-state index in [-0.39, 0.29) is 11.5 Å². The van der Waals surface area contributed by atoms with Gasteiger partial charge in [0.2, 0.25) is 0 Å². The van der Waals surface area contributed by atoms with Crippen LogP contribution in [0.15, 0.2) is 84.9 Å². The molecule has 3 aromatic rings. The van der Waals surface area contributed by atoms with Crippen LogP contribution in [0.5, 0.6) is 23.0 Å². The van der Waals surface area contributed by atoms with E-state index in [1.165, 1.54) is 6.07 Å². The van der Waals surface area contributed by atoms with Crippen molar-refractivity contribution in [3.05, 3.63) is 84.9 Å². The first kappa shape index (κ1) is 18.8. The Hall–Kier alpha value is -2.98. The van der Waals surface area contributed by atoms with E-state index >= 15 is 0 Å². The molecular weight excluding hydrogens is 390 g/mol. The lowest BCUT2D eigenvalue weighted by atomic mass is 10.3. The number of hydrogen-bond acceptors (Lipinski definition) is 7. The van der Waals surface area contributed by atoms with Gasteiger partial charge in [0.25, 0.3) is 0 Å². The quantitative estimate of drug-likeness (QED) is 0.251. The minimum absolute atomic E-state index is 0.190. The van der Waals surface area contributed by atoms with Crippen molar-refractivity contribution in [1.29, 1.82) is 0 Å². The standard InChI is InChI=1S/C18H14O7P2/c19-26(22-15-8-3-1-4-9-15)24-18-13-7-12-17(14-18)21-25-27(20)23-16-10-5-2-6-11-16/h1-14H/q+2. The summed E-state index contributed by atoms with van der Waals surface area (Å²) in [6.45, 7) is 0. The summed E-state index contributed by atoms with van der Waals surface area (Å²) in [6, 6.07) is 23.3. The third-order valence-corrected chi connectivity index (χ3v) is 4.30. The maximum atomic E-state index is 11.9. The highest BCUT2D eigenvalue weighted by Crippen LogP contribution is 2.33. The summed E-state index contributed by atoms with van der Waals surface area (Å²) in [4.78, 5) is 4.96. The van der Waals surface area contributed by atoms with E-state index in [0.717, 1.165) is 0 Å². The summed E-state index contributed by atoms with van der Waals surface area (Å²) in [5.41, 5.74) is 0. The van der Waals surface area contributed by atoms with Gasteiger partial charge in [-0.25, -0.2) is 13.6 Å². The van der Waals surface area contributed by atoms with Crippen LogP contribution in [0, 0.1) is 0 Å². The maximum absolute atomic E-state index is 11.9. The van der Waals surface area contributed by atoms with Gasteiger partial charge in [-0.2, -0.15) is 0 Å². The zero-order valence-electron chi connectivity index (χ0n) is 13.8. The Bertz CT molecular complexity index is 904. The van der Waals surface area contributed by atoms with Crippen molar-refractivity contribution in [1.82, 2.24) is 0 Å². The molecule has 2 atom stereocenters. The second kappa shape index (κ2) is 9.64. The molecule has 136 valence electrons. The molecule has 0 fully saturated rings. The molecule has 0 aromatic heterocycles. The lowest BCUT2D eigenvalue weighted by Gasteiger charge is -1.98. The average Bonchev–Trinajstić information content (AvgIpc) is 2.68. The van der Waals surface area contributed by atoms with Crippen LogP contribution in [-0.2, 0) is 13.8 Å². The Morgan fingerprint density at radius 2 is 1.00 bits per heavy atom. The van der Waals surface area contributed by atoms with Crippen molar-refractivity contribution in [2.24, 2.45) is 0 Å². The SMILES string of the molecule is O=[P+](OOc1cccc(O[P+](=O)Oc2ccccc2)c1)Oc1ccccc1. The topological polar surface area (TPSA) is 80.3 Å². The van der Waals surface area contributed by atoms with Gasteiger partial charge in [-0.3, -0.25) is 4.89 Å². The highest BCUT2D eigenvalue weighted by Gasteiger charge is 2.27. The number of rotatable bonds is 9. The molecule has 0 amide bonds. The van der Waals surface area contributed by atoms with Gasteiger partial charge in [0.15, 0.2) is 23.0 Å². The first-order valence-corrected chi connectivity index (χ1v) is 9.91. The van der Waals surface area contributed by atoms with Crippen molar-refractivity contribution < 1.29 is 32.3 Å². The van der Waals surface area contributed by atoms with Crippen LogP contribution >= 0.6 is 16.5 Å². The zero-order chi connectivity index (χ0) is 18.9. The molecule has 2 unspecified atom stereocenters. The van der Waals surface area contributed by atoms with Crippen molar-refractivity contribution in [2.75, 3.05) is 0 Å². The van der Waals surface area contributed by atoms with Crippen molar-refractivity contribution in [3.63, 3.8) is 0 Å². The van der Waals surface area contributed by atoms with Crippen LogP contribution in [0.3, 0.4) is 0 Å². The van der Waals surface area contributed by atoms with Crippen molar-refractivity contribution in [3.8, 4) is 23.0 Å². The first-order valence-electron chi connectivity index (χ1n) is 7.72. The van der Waals surface area contributed by atoms with E-state index in [2.05, 4.69) is 0 Å². The van der Waals surface area contributed by atoms with Crippen LogP contribution in [0.25, 0.3) is 0 Å². The molecule has 3 aromatic carbocycles. The molecule has 0 bridgehead atoms. The largest absolute Gasteiger partial charge is 0.805 e. The average molecular weight is 404 g/mol. The fourth-order valence-corrected chi connectivity index (χ4v) is 3.00. The normalized spacial score (nSPS) is 11.3. The Morgan fingerprint density at radius 1 is 0.519 bits per heavy atom. The minimum atomic E-state index is -2.54. The lowest BCUT2D eigenvalue weighted by Crippen LogP contribution is -1.94. The number of para-hydroxylation sites is 2. The summed E-state index contributed by atoms with van der Waals surface area (Å²) in [5.74, 6) is 1.22. The fraction of sp³-hybridized carbons (Fsp3) is 0. The van der Waals surface area contributed by atoms with Crippen LogP contribution in [0.2, 0.25) is 0 Å². The molecule has 0 aliphatic carbocycles. The van der Waals surface area contributed by atoms with Crippen LogP contribution < -0.4 is 18.5 Å². The first-order chi connectivity index (χ1) is 13.2. The molecule has 0 radical (unpaired) electrons. The Labute approximate surface area is 157 Å². The predicted molar refractivity (Wildman–Crippen MR) is 98.1 cm³/mol. The molecule has 27 heavy (non-hydrogen) atoms. The molecule has 0 N–H and O–H groups in total. The van der Waals surface area contributed by atoms with Gasteiger partial charge in [-0.15, -0.1) is 0 Å². The maximum Gasteiger partial charge on any atom is 0.805 e. The summed E-state index contributed by atoms with van der Waals surface area (Å²) in [6.07, 6.45) is 0. The molecule has 0 heterocycles. The van der Waals surface area contributed by atoms with Crippen LogP contribution in [0.1, 0.15) is 0 Å². The number of benzene rings is 3. The van der Waals surface area contributed by atoms with E-state index in [9.17, 15) is 9.13 Å². The van der Waals surface area contributed by atoms with Gasteiger partial charge in [0.1, 0.15) is 4.67 Å². The predicted octanol–water partition coefficient (Wildman–Crippen LogP) is 5.85. The van der Waals surface area contributed by atoms with Gasteiger partial charge < -0.3 is 0 Å². The second-order valence-electron chi connectivity index (χ2n) is 4.98. The Kier molecular flexibility index (Phi) is 6.72. The van der Waals surface area contributed by atoms with E-state index < -0.39 is 16.5 Å². The molecule has 3 rings (SSSR count). The van der Waals surface area contributed by atoms with Gasteiger partial charge in [-0.05, 0) is 36.4 Å². The summed E-state index contributed by atoms with van der Waals surface area (Å²) < 4.78 is 43.8. The van der Waals surface area contributed by atoms with Crippen molar-refractivity contribution >= 4 is 16.5 Å². The lowest BCUT2D eigenvalue weighted by molar-refractivity contribution is -0.100. The van der Waals surface area contributed by atoms with Gasteiger partial charge >= 0.3 is 16.5 Å². The molecular formula is C18H14O7P2+2. The second-order valence-corrected chi connectivity index (χ2v) is 6.57. The molecule has 0 saturated carbocycles.